The number of aryl methyl sites for hydroxylation is 1. The summed E-state index contributed by atoms with van der Waals surface area (Å²) < 4.78 is 32.5. The Morgan fingerprint density at radius 2 is 2.17 bits per heavy atom. The number of thiazole rings is 1. The van der Waals surface area contributed by atoms with Gasteiger partial charge in [-0.05, 0) is 25.7 Å². The largest absolute Gasteiger partial charge is 0.381 e. The quantitative estimate of drug-likeness (QED) is 0.921. The number of rotatable bonds is 4. The Morgan fingerprint density at radius 3 is 2.72 bits per heavy atom. The van der Waals surface area contributed by atoms with Crippen LogP contribution in [0.1, 0.15) is 18.5 Å². The van der Waals surface area contributed by atoms with Gasteiger partial charge in [-0.1, -0.05) is 22.9 Å². The van der Waals surface area contributed by atoms with Gasteiger partial charge in [-0.2, -0.15) is 0 Å². The fourth-order valence-electron chi connectivity index (χ4n) is 1.84. The van der Waals surface area contributed by atoms with E-state index >= 15 is 0 Å². The lowest BCUT2D eigenvalue weighted by Crippen LogP contribution is -2.32. The lowest BCUT2D eigenvalue weighted by molar-refractivity contribution is 0.0678. The van der Waals surface area contributed by atoms with Crippen molar-refractivity contribution >= 4 is 33.0 Å². The van der Waals surface area contributed by atoms with E-state index < -0.39 is 10.0 Å². The van der Waals surface area contributed by atoms with Gasteiger partial charge >= 0.3 is 0 Å². The summed E-state index contributed by atoms with van der Waals surface area (Å²) in [6, 6.07) is 0. The normalized spacial score (nSPS) is 18.1. The molecule has 1 fully saturated rings. The van der Waals surface area contributed by atoms with Crippen molar-refractivity contribution in [3.8, 4) is 0 Å². The predicted octanol–water partition coefficient (Wildman–Crippen LogP) is 1.81. The van der Waals surface area contributed by atoms with E-state index in [4.69, 9.17) is 16.3 Å². The highest BCUT2D eigenvalue weighted by Crippen LogP contribution is 2.26. The minimum atomic E-state index is -3.49. The molecule has 8 heteroatoms. The van der Waals surface area contributed by atoms with Crippen LogP contribution in [-0.4, -0.2) is 33.2 Å². The molecular weight excluding hydrogens is 296 g/mol. The molecule has 0 atom stereocenters. The van der Waals surface area contributed by atoms with Crippen LogP contribution in [0.15, 0.2) is 4.21 Å². The average Bonchev–Trinajstić information content (AvgIpc) is 2.68. The molecule has 0 aromatic carbocycles. The van der Waals surface area contributed by atoms with Crippen molar-refractivity contribution in [2.75, 3.05) is 19.8 Å². The Labute approximate surface area is 116 Å². The number of sulfonamides is 1. The molecule has 0 radical (unpaired) electrons. The maximum Gasteiger partial charge on any atom is 0.251 e. The Kier molecular flexibility index (Phi) is 4.60. The van der Waals surface area contributed by atoms with Crippen LogP contribution in [0.2, 0.25) is 4.47 Å². The SMILES string of the molecule is Cc1nc(Cl)sc1S(=O)(=O)NCC1CCOCC1. The van der Waals surface area contributed by atoms with Gasteiger partial charge < -0.3 is 4.74 Å². The molecule has 5 nitrogen and oxygen atoms in total. The first kappa shape index (κ1) is 14.2. The van der Waals surface area contributed by atoms with Crippen LogP contribution < -0.4 is 4.72 Å². The number of hydrogen-bond donors (Lipinski definition) is 1. The Morgan fingerprint density at radius 1 is 1.50 bits per heavy atom. The van der Waals surface area contributed by atoms with E-state index in [1.165, 1.54) is 0 Å². The molecule has 1 aromatic heterocycles. The third-order valence-corrected chi connectivity index (χ3v) is 6.17. The number of nitrogens with zero attached hydrogens (tertiary/aromatic N) is 1. The number of ether oxygens (including phenoxy) is 1. The second-order valence-corrected chi connectivity index (χ2v) is 7.79. The van der Waals surface area contributed by atoms with E-state index in [1.807, 2.05) is 0 Å². The van der Waals surface area contributed by atoms with Crippen molar-refractivity contribution in [3.05, 3.63) is 10.2 Å². The van der Waals surface area contributed by atoms with E-state index in [2.05, 4.69) is 9.71 Å². The first-order valence-corrected chi connectivity index (χ1v) is 8.37. The van der Waals surface area contributed by atoms with Crippen LogP contribution in [0.25, 0.3) is 0 Å². The van der Waals surface area contributed by atoms with E-state index in [-0.39, 0.29) is 8.68 Å². The number of halogens is 1. The summed E-state index contributed by atoms with van der Waals surface area (Å²) in [5.74, 6) is 0.345. The van der Waals surface area contributed by atoms with Gasteiger partial charge in [0.1, 0.15) is 0 Å². The molecule has 0 spiro atoms. The molecule has 1 aromatic rings. The molecule has 1 aliphatic rings. The highest BCUT2D eigenvalue weighted by molar-refractivity contribution is 7.91. The summed E-state index contributed by atoms with van der Waals surface area (Å²) in [4.78, 5) is 3.92. The Hall–Kier alpha value is -0.210. The zero-order chi connectivity index (χ0) is 13.2. The molecule has 0 aliphatic carbocycles. The van der Waals surface area contributed by atoms with Gasteiger partial charge in [0.15, 0.2) is 8.68 Å². The molecule has 1 aliphatic heterocycles. The summed E-state index contributed by atoms with van der Waals surface area (Å²) in [5, 5.41) is 0. The molecule has 0 saturated carbocycles. The summed E-state index contributed by atoms with van der Waals surface area (Å²) >= 11 is 6.71. The second-order valence-electron chi connectivity index (χ2n) is 4.25. The standard InChI is InChI=1S/C10H15ClN2O3S2/c1-7-9(17-10(11)13-7)18(14,15)12-6-8-2-4-16-5-3-8/h8,12H,2-6H2,1H3. The maximum absolute atomic E-state index is 12.1. The highest BCUT2D eigenvalue weighted by atomic mass is 35.5. The molecule has 0 bridgehead atoms. The maximum atomic E-state index is 12.1. The van der Waals surface area contributed by atoms with Crippen molar-refractivity contribution in [2.45, 2.75) is 24.0 Å². The predicted molar refractivity (Wildman–Crippen MR) is 70.6 cm³/mol. The van der Waals surface area contributed by atoms with Gasteiger partial charge in [-0.15, -0.1) is 0 Å². The monoisotopic (exact) mass is 310 g/mol. The second kappa shape index (κ2) is 5.83. The topological polar surface area (TPSA) is 68.3 Å². The van der Waals surface area contributed by atoms with Crippen LogP contribution in [-0.2, 0) is 14.8 Å². The molecule has 0 amide bonds. The average molecular weight is 311 g/mol. The number of hydrogen-bond acceptors (Lipinski definition) is 5. The van der Waals surface area contributed by atoms with Crippen LogP contribution >= 0.6 is 22.9 Å². The molecule has 18 heavy (non-hydrogen) atoms. The van der Waals surface area contributed by atoms with Gasteiger partial charge in [0.25, 0.3) is 10.0 Å². The Balaban J connectivity index is 2.01. The first-order chi connectivity index (χ1) is 8.49. The van der Waals surface area contributed by atoms with Gasteiger partial charge in [-0.25, -0.2) is 18.1 Å². The van der Waals surface area contributed by atoms with Crippen LogP contribution in [0.4, 0.5) is 0 Å². The summed E-state index contributed by atoms with van der Waals surface area (Å²) in [6.07, 6.45) is 1.79. The van der Waals surface area contributed by atoms with Crippen LogP contribution in [0, 0.1) is 12.8 Å². The molecule has 1 saturated heterocycles. The fraction of sp³-hybridized carbons (Fsp3) is 0.700. The highest BCUT2D eigenvalue weighted by Gasteiger charge is 2.23. The molecule has 2 heterocycles. The van der Waals surface area contributed by atoms with Crippen LogP contribution in [0.3, 0.4) is 0 Å². The van der Waals surface area contributed by atoms with E-state index in [0.717, 1.165) is 24.2 Å². The fourth-order valence-corrected chi connectivity index (χ4v) is 4.74. The van der Waals surface area contributed by atoms with Crippen molar-refractivity contribution in [2.24, 2.45) is 5.92 Å². The minimum Gasteiger partial charge on any atom is -0.381 e. The van der Waals surface area contributed by atoms with Crippen LogP contribution in [0.5, 0.6) is 0 Å². The zero-order valence-corrected chi connectivity index (χ0v) is 12.4. The smallest absolute Gasteiger partial charge is 0.251 e. The van der Waals surface area contributed by atoms with Gasteiger partial charge in [-0.3, -0.25) is 0 Å². The summed E-state index contributed by atoms with van der Waals surface area (Å²) in [7, 11) is -3.49. The van der Waals surface area contributed by atoms with Gasteiger partial charge in [0.05, 0.1) is 5.69 Å². The molecule has 102 valence electrons. The Bertz CT molecular complexity index is 509. The number of aromatic nitrogens is 1. The molecular formula is C10H15ClN2O3S2. The van der Waals surface area contributed by atoms with Crippen molar-refractivity contribution in [1.82, 2.24) is 9.71 Å². The van der Waals surface area contributed by atoms with Crippen molar-refractivity contribution in [3.63, 3.8) is 0 Å². The summed E-state index contributed by atoms with van der Waals surface area (Å²) in [6.45, 7) is 3.50. The zero-order valence-electron chi connectivity index (χ0n) is 9.98. The molecule has 1 N–H and O–H groups in total. The van der Waals surface area contributed by atoms with Crippen molar-refractivity contribution < 1.29 is 13.2 Å². The van der Waals surface area contributed by atoms with E-state index in [1.54, 1.807) is 6.92 Å². The first-order valence-electron chi connectivity index (χ1n) is 5.69. The molecule has 2 rings (SSSR count). The lowest BCUT2D eigenvalue weighted by Gasteiger charge is -2.21. The van der Waals surface area contributed by atoms with E-state index in [0.29, 0.717) is 31.4 Å². The number of nitrogens with one attached hydrogen (secondary N) is 1. The third kappa shape index (κ3) is 3.42. The van der Waals surface area contributed by atoms with Gasteiger partial charge in [0.2, 0.25) is 0 Å². The van der Waals surface area contributed by atoms with E-state index in [9.17, 15) is 8.42 Å². The third-order valence-electron chi connectivity index (χ3n) is 2.87. The molecule has 0 unspecified atom stereocenters. The minimum absolute atomic E-state index is 0.208. The lowest BCUT2D eigenvalue weighted by atomic mass is 10.0. The summed E-state index contributed by atoms with van der Waals surface area (Å²) in [5.41, 5.74) is 0.449. The van der Waals surface area contributed by atoms with Crippen molar-refractivity contribution in [1.29, 1.82) is 0 Å². The van der Waals surface area contributed by atoms with Gasteiger partial charge in [0, 0.05) is 19.8 Å².